The topological polar surface area (TPSA) is 216 Å². The summed E-state index contributed by atoms with van der Waals surface area (Å²) >= 11 is 5.71. The fourth-order valence-electron chi connectivity index (χ4n) is 12.7. The third kappa shape index (κ3) is 20.5. The lowest BCUT2D eigenvalue weighted by molar-refractivity contribution is 0.0651. The van der Waals surface area contributed by atoms with Crippen molar-refractivity contribution in [1.29, 1.82) is 0 Å². The van der Waals surface area contributed by atoms with E-state index >= 15 is 4.39 Å². The lowest BCUT2D eigenvalue weighted by atomic mass is 9.95. The molecule has 2 saturated heterocycles. The Hall–Kier alpha value is -8.85. The molecule has 5 aromatic carbocycles. The van der Waals surface area contributed by atoms with E-state index in [9.17, 15) is 40.7 Å². The van der Waals surface area contributed by atoms with Crippen LogP contribution in [0.25, 0.3) is 22.5 Å². The second kappa shape index (κ2) is 35.6. The maximum atomic E-state index is 15.1. The number of nitrogens with two attached hydrogens (primary N) is 2. The predicted molar refractivity (Wildman–Crippen MR) is 379 cm³/mol. The number of nitrogen functional groups attached to an aromatic ring is 2. The van der Waals surface area contributed by atoms with Gasteiger partial charge >= 0.3 is 5.97 Å². The minimum absolute atomic E-state index is 0.0224. The van der Waals surface area contributed by atoms with Crippen molar-refractivity contribution >= 4 is 52.1 Å². The Morgan fingerprint density at radius 2 is 0.921 bits per heavy atom. The average molecular weight is 1430 g/mol. The SMILES string of the molecule is CC(C)N1CCOc2c(F)cc(-c3nc(Cc4ccc(C(=O)N5CCC(N(C)C)CC5)c(F)c4)ncc3F)cc21.CC(C)N1CCOc2c(F)cc(-c3nc(Cl)ncc3F)cc21.CN(C)C1CCCCC1.CN(C)C1CCN(C(=O)c2ccc(N)cc2F)CC1.Nc1ccc(C(=O)O)c(F)c1. The second-order valence-electron chi connectivity index (χ2n) is 26.7. The molecule has 2 aromatic heterocycles. The number of halogens is 8. The number of fused-ring (bicyclic) bond motifs is 2. The Bertz CT molecular complexity index is 4000. The normalized spacial score (nSPS) is 15.6. The van der Waals surface area contributed by atoms with Crippen LogP contribution in [0.2, 0.25) is 5.28 Å². The van der Waals surface area contributed by atoms with Gasteiger partial charge in [-0.2, -0.15) is 0 Å². The summed E-state index contributed by atoms with van der Waals surface area (Å²) in [5.74, 6) is -5.74. The number of nitrogens with zero attached hydrogens (tertiary/aromatic N) is 11. The molecule has 12 rings (SSSR count). The molecule has 101 heavy (non-hydrogen) atoms. The molecule has 0 atom stereocenters. The first-order chi connectivity index (χ1) is 48.0. The number of carboxylic acids is 1. The summed E-state index contributed by atoms with van der Waals surface area (Å²) in [6.45, 7) is 12.5. The zero-order chi connectivity index (χ0) is 73.5. The summed E-state index contributed by atoms with van der Waals surface area (Å²) < 4.78 is 110. The minimum atomic E-state index is -1.29. The fraction of sp³-hybridized carbons (Fsp3) is 0.446. The number of carboxylic acid groups (broad SMARTS) is 1. The van der Waals surface area contributed by atoms with Crippen molar-refractivity contribution in [3.8, 4) is 34.0 Å². The van der Waals surface area contributed by atoms with Gasteiger partial charge in [-0.3, -0.25) is 9.59 Å². The van der Waals surface area contributed by atoms with E-state index in [2.05, 4.69) is 48.7 Å². The van der Waals surface area contributed by atoms with Crippen LogP contribution < -0.4 is 30.7 Å². The first kappa shape index (κ1) is 77.9. The van der Waals surface area contributed by atoms with Gasteiger partial charge in [0.2, 0.25) is 5.28 Å². The summed E-state index contributed by atoms with van der Waals surface area (Å²) in [4.78, 5) is 65.4. The van der Waals surface area contributed by atoms with E-state index in [0.717, 1.165) is 56.3 Å². The van der Waals surface area contributed by atoms with E-state index in [0.29, 0.717) is 92.8 Å². The smallest absolute Gasteiger partial charge is 0.338 e. The molecule has 27 heteroatoms. The number of carbonyl (C=O) groups excluding carboxylic acids is 2. The fourth-order valence-corrected chi connectivity index (χ4v) is 12.9. The number of hydrogen-bond acceptors (Lipinski definition) is 16. The summed E-state index contributed by atoms with van der Waals surface area (Å²) in [7, 11) is 12.5. The summed E-state index contributed by atoms with van der Waals surface area (Å²) in [6, 6.07) is 19.9. The average Bonchev–Trinajstić information content (AvgIpc) is 0.782. The number of ether oxygens (including phenoxy) is 2. The number of rotatable bonds is 12. The number of piperidine rings is 2. The van der Waals surface area contributed by atoms with Gasteiger partial charge < -0.3 is 60.3 Å². The van der Waals surface area contributed by atoms with Crippen LogP contribution in [-0.2, 0) is 6.42 Å². The Kier molecular flexibility index (Phi) is 27.5. The van der Waals surface area contributed by atoms with Crippen LogP contribution in [0.1, 0.15) is 128 Å². The van der Waals surface area contributed by atoms with Gasteiger partial charge in [0.05, 0.1) is 53.5 Å². The molecule has 6 heterocycles. The summed E-state index contributed by atoms with van der Waals surface area (Å²) in [5, 5.41) is 8.28. The van der Waals surface area contributed by atoms with Crippen molar-refractivity contribution in [2.75, 3.05) is 116 Å². The number of benzene rings is 5. The summed E-state index contributed by atoms with van der Waals surface area (Å²) in [5.41, 5.74) is 13.2. The number of aromatic nitrogens is 4. The molecular formula is C74H91ClF7N13O6. The lowest BCUT2D eigenvalue weighted by Crippen LogP contribution is -2.44. The van der Waals surface area contributed by atoms with E-state index in [1.807, 2.05) is 65.7 Å². The first-order valence-corrected chi connectivity index (χ1v) is 34.2. The molecule has 0 spiro atoms. The number of amides is 2. The molecule has 544 valence electrons. The zero-order valence-electron chi connectivity index (χ0n) is 58.9. The number of hydrogen-bond donors (Lipinski definition) is 3. The van der Waals surface area contributed by atoms with Crippen molar-refractivity contribution in [3.05, 3.63) is 165 Å². The number of aromatic carboxylic acids is 1. The maximum absolute atomic E-state index is 15.1. The molecule has 1 aliphatic carbocycles. The van der Waals surface area contributed by atoms with Gasteiger partial charge in [-0.15, -0.1) is 0 Å². The van der Waals surface area contributed by atoms with Gasteiger partial charge in [-0.05, 0) is 198 Å². The van der Waals surface area contributed by atoms with Gasteiger partial charge in [0, 0.05) is 85.3 Å². The number of carbonyl (C=O) groups is 3. The predicted octanol–water partition coefficient (Wildman–Crippen LogP) is 13.2. The second-order valence-corrected chi connectivity index (χ2v) is 27.0. The maximum Gasteiger partial charge on any atom is 0.338 e. The van der Waals surface area contributed by atoms with Crippen molar-refractivity contribution in [2.45, 2.75) is 122 Å². The molecule has 0 radical (unpaired) electrons. The highest BCUT2D eigenvalue weighted by Crippen LogP contribution is 2.41. The molecule has 0 unspecified atom stereocenters. The third-order valence-electron chi connectivity index (χ3n) is 18.5. The van der Waals surface area contributed by atoms with Crippen molar-refractivity contribution in [1.82, 2.24) is 44.4 Å². The van der Waals surface area contributed by atoms with E-state index in [4.69, 9.17) is 37.6 Å². The largest absolute Gasteiger partial charge is 0.486 e. The molecule has 3 fully saturated rings. The first-order valence-electron chi connectivity index (χ1n) is 33.9. The van der Waals surface area contributed by atoms with Crippen LogP contribution in [0.5, 0.6) is 11.5 Å². The molecule has 19 nitrogen and oxygen atoms in total. The lowest BCUT2D eigenvalue weighted by Gasteiger charge is -2.35. The molecule has 5 aliphatic rings. The molecule has 7 aromatic rings. The van der Waals surface area contributed by atoms with Gasteiger partial charge in [0.15, 0.2) is 34.8 Å². The highest BCUT2D eigenvalue weighted by Gasteiger charge is 2.31. The van der Waals surface area contributed by atoms with Crippen LogP contribution in [0.15, 0.2) is 91.3 Å². The van der Waals surface area contributed by atoms with Gasteiger partial charge in [-0.1, -0.05) is 25.3 Å². The van der Waals surface area contributed by atoms with E-state index in [-0.39, 0.29) is 92.3 Å². The molecule has 1 saturated carbocycles. The number of likely N-dealkylation sites (tertiary alicyclic amines) is 2. The zero-order valence-corrected chi connectivity index (χ0v) is 59.6. The Balaban J connectivity index is 0.000000179. The van der Waals surface area contributed by atoms with E-state index in [1.165, 1.54) is 74.6 Å². The van der Waals surface area contributed by atoms with Crippen LogP contribution in [0.3, 0.4) is 0 Å². The molecule has 5 N–H and O–H groups in total. The van der Waals surface area contributed by atoms with Gasteiger partial charge in [0.25, 0.3) is 11.8 Å². The minimum Gasteiger partial charge on any atom is -0.486 e. The monoisotopic (exact) mass is 1430 g/mol. The standard InChI is InChI=1S/C30H34F3N5O2.C15H14ClF2N3O.C14H20FN3O.C8H17N.C7H6FNO2/c1-18(2)38-11-12-40-29-24(32)15-20(16-26(29)38)28-25(33)17-34-27(35-28)14-19-5-6-22(23(31)13-19)30(39)37-9-7-21(8-10-37)36(3)4;1-8(2)21-3-4-22-14-10(17)5-9(6-12(14)21)13-11(18)7-19-15(16)20-13;1-17(2)11-5-7-18(8-6-11)14(19)12-4-3-10(16)9-13(12)15;1-9(2)8-6-4-3-5-7-8;8-6-3-4(9)1-2-5(6)7(10)11/h5-6,13,15-18,21H,7-12,14H2,1-4H3;5-8H,3-4H2,1-2H3;3-4,9,11H,5-8,16H2,1-2H3;8H,3-7H2,1-2H3;1-3H,9H2,(H,10,11). The van der Waals surface area contributed by atoms with Crippen LogP contribution >= 0.6 is 11.6 Å². The highest BCUT2D eigenvalue weighted by atomic mass is 35.5. The quantitative estimate of drug-likeness (QED) is 0.0589. The number of anilines is 4. The molecular weight excluding hydrogens is 1340 g/mol. The van der Waals surface area contributed by atoms with Gasteiger partial charge in [-0.25, -0.2) is 55.5 Å². The Labute approximate surface area is 591 Å². The molecule has 4 aliphatic heterocycles. The van der Waals surface area contributed by atoms with E-state index < -0.39 is 46.7 Å². The van der Waals surface area contributed by atoms with Crippen LogP contribution in [-0.4, -0.2) is 192 Å². The molecule has 0 bridgehead atoms. The van der Waals surface area contributed by atoms with Crippen molar-refractivity contribution in [3.63, 3.8) is 0 Å². The summed E-state index contributed by atoms with van der Waals surface area (Å²) in [6.07, 6.45) is 12.9. The van der Waals surface area contributed by atoms with Crippen molar-refractivity contribution < 1.29 is 59.7 Å². The third-order valence-corrected chi connectivity index (χ3v) is 18.7. The Morgan fingerprint density at radius 1 is 0.515 bits per heavy atom. The van der Waals surface area contributed by atoms with E-state index in [1.54, 1.807) is 34.1 Å². The molecule has 2 amide bonds. The van der Waals surface area contributed by atoms with Crippen LogP contribution in [0.4, 0.5) is 53.5 Å². The van der Waals surface area contributed by atoms with Gasteiger partial charge in [0.1, 0.15) is 47.9 Å². The van der Waals surface area contributed by atoms with Crippen molar-refractivity contribution in [2.24, 2.45) is 0 Å². The highest BCUT2D eigenvalue weighted by molar-refractivity contribution is 6.28. The van der Waals surface area contributed by atoms with Crippen LogP contribution in [0, 0.1) is 40.7 Å². The Morgan fingerprint density at radius 3 is 1.33 bits per heavy atom.